The van der Waals surface area contributed by atoms with Gasteiger partial charge in [-0.05, 0) is 42.7 Å². The van der Waals surface area contributed by atoms with E-state index in [1.165, 1.54) is 0 Å². The Morgan fingerprint density at radius 2 is 1.93 bits per heavy atom. The molecule has 2 heterocycles. The fourth-order valence-electron chi connectivity index (χ4n) is 3.16. The molecule has 1 amide bonds. The molecule has 2 aromatic carbocycles. The summed E-state index contributed by atoms with van der Waals surface area (Å²) in [7, 11) is 0. The van der Waals surface area contributed by atoms with E-state index < -0.39 is 0 Å². The predicted molar refractivity (Wildman–Crippen MR) is 112 cm³/mol. The van der Waals surface area contributed by atoms with E-state index in [4.69, 9.17) is 11.6 Å². The number of carbonyl (C=O) groups excluding carboxylic acids is 1. The van der Waals surface area contributed by atoms with Gasteiger partial charge in [-0.25, -0.2) is 9.50 Å². The maximum atomic E-state index is 12.6. The topological polar surface area (TPSA) is 59.3 Å². The van der Waals surface area contributed by atoms with Crippen LogP contribution >= 0.6 is 11.6 Å². The number of carbonyl (C=O) groups is 1. The molecule has 0 aliphatic carbocycles. The number of hydrogen-bond acceptors (Lipinski definition) is 3. The van der Waals surface area contributed by atoms with Gasteiger partial charge in [0, 0.05) is 23.3 Å². The number of fused-ring (bicyclic) bond motifs is 1. The monoisotopic (exact) mass is 390 g/mol. The highest BCUT2D eigenvalue weighted by molar-refractivity contribution is 6.30. The first-order valence-electron chi connectivity index (χ1n) is 9.06. The van der Waals surface area contributed by atoms with Crippen LogP contribution in [0, 0.1) is 6.92 Å². The van der Waals surface area contributed by atoms with Gasteiger partial charge in [0.1, 0.15) is 0 Å². The minimum absolute atomic E-state index is 0.0896. The van der Waals surface area contributed by atoms with Crippen LogP contribution in [-0.4, -0.2) is 20.5 Å². The summed E-state index contributed by atoms with van der Waals surface area (Å²) in [5, 5.41) is 8.17. The Kier molecular flexibility index (Phi) is 5.08. The SMILES string of the molecule is Cc1ccnc2c(-c3cccc(Cl)c3)c(NC(=O)CCc3ccccc3)nn12. The Hall–Kier alpha value is -3.18. The number of aryl methyl sites for hydroxylation is 2. The molecule has 6 heteroatoms. The van der Waals surface area contributed by atoms with Gasteiger partial charge in [-0.15, -0.1) is 5.10 Å². The van der Waals surface area contributed by atoms with Crippen molar-refractivity contribution in [2.75, 3.05) is 5.32 Å². The highest BCUT2D eigenvalue weighted by atomic mass is 35.5. The molecule has 5 nitrogen and oxygen atoms in total. The normalized spacial score (nSPS) is 10.9. The second-order valence-corrected chi connectivity index (χ2v) is 7.03. The van der Waals surface area contributed by atoms with Crippen LogP contribution in [0.3, 0.4) is 0 Å². The quantitative estimate of drug-likeness (QED) is 0.525. The summed E-state index contributed by atoms with van der Waals surface area (Å²) < 4.78 is 1.74. The smallest absolute Gasteiger partial charge is 0.225 e. The zero-order valence-electron chi connectivity index (χ0n) is 15.4. The molecule has 0 aliphatic heterocycles. The molecule has 0 unspecified atom stereocenters. The Labute approximate surface area is 168 Å². The maximum Gasteiger partial charge on any atom is 0.225 e. The Morgan fingerprint density at radius 1 is 1.11 bits per heavy atom. The van der Waals surface area contributed by atoms with Gasteiger partial charge in [-0.3, -0.25) is 4.79 Å². The Morgan fingerprint density at radius 3 is 2.71 bits per heavy atom. The van der Waals surface area contributed by atoms with E-state index in [9.17, 15) is 4.79 Å². The standard InChI is InChI=1S/C22H19ClN4O/c1-15-12-13-24-22-20(17-8-5-9-18(23)14-17)21(26-27(15)22)25-19(28)11-10-16-6-3-2-4-7-16/h2-9,12-14H,10-11H2,1H3,(H,25,26,28). The molecule has 0 saturated heterocycles. The summed E-state index contributed by atoms with van der Waals surface area (Å²) in [5.74, 6) is 0.398. The molecule has 0 atom stereocenters. The molecule has 0 bridgehead atoms. The predicted octanol–water partition coefficient (Wildman–Crippen LogP) is 4.93. The molecular formula is C22H19ClN4O. The number of aromatic nitrogens is 3. The van der Waals surface area contributed by atoms with Gasteiger partial charge < -0.3 is 5.32 Å². The number of nitrogens with zero attached hydrogens (tertiary/aromatic N) is 3. The van der Waals surface area contributed by atoms with Crippen LogP contribution in [0.25, 0.3) is 16.8 Å². The van der Waals surface area contributed by atoms with Crippen LogP contribution < -0.4 is 5.32 Å². The first-order chi connectivity index (χ1) is 13.6. The van der Waals surface area contributed by atoms with Crippen molar-refractivity contribution < 1.29 is 4.79 Å². The van der Waals surface area contributed by atoms with E-state index >= 15 is 0 Å². The molecule has 4 rings (SSSR count). The highest BCUT2D eigenvalue weighted by Gasteiger charge is 2.19. The second kappa shape index (κ2) is 7.82. The fourth-order valence-corrected chi connectivity index (χ4v) is 3.35. The van der Waals surface area contributed by atoms with Crippen molar-refractivity contribution in [1.29, 1.82) is 0 Å². The molecule has 0 radical (unpaired) electrons. The molecule has 0 saturated carbocycles. The van der Waals surface area contributed by atoms with Crippen molar-refractivity contribution in [1.82, 2.24) is 14.6 Å². The van der Waals surface area contributed by atoms with E-state index in [-0.39, 0.29) is 5.91 Å². The second-order valence-electron chi connectivity index (χ2n) is 6.59. The van der Waals surface area contributed by atoms with Crippen molar-refractivity contribution >= 4 is 29.0 Å². The number of amides is 1. The lowest BCUT2D eigenvalue weighted by Crippen LogP contribution is -2.13. The van der Waals surface area contributed by atoms with E-state index in [0.717, 1.165) is 22.4 Å². The number of halogens is 1. The average molecular weight is 391 g/mol. The number of anilines is 1. The number of hydrogen-bond donors (Lipinski definition) is 1. The lowest BCUT2D eigenvalue weighted by molar-refractivity contribution is -0.116. The van der Waals surface area contributed by atoms with E-state index in [1.807, 2.05) is 67.6 Å². The third-order valence-corrected chi connectivity index (χ3v) is 4.80. The van der Waals surface area contributed by atoms with Crippen molar-refractivity contribution in [2.45, 2.75) is 19.8 Å². The summed E-state index contributed by atoms with van der Waals surface area (Å²) in [5.41, 5.74) is 4.36. The summed E-state index contributed by atoms with van der Waals surface area (Å²) in [6.07, 6.45) is 2.78. The number of nitrogens with one attached hydrogen (secondary N) is 1. The lowest BCUT2D eigenvalue weighted by atomic mass is 10.1. The van der Waals surface area contributed by atoms with Crippen LogP contribution in [0.2, 0.25) is 5.02 Å². The van der Waals surface area contributed by atoms with Gasteiger partial charge in [0.2, 0.25) is 5.91 Å². The van der Waals surface area contributed by atoms with Gasteiger partial charge in [0.25, 0.3) is 0 Å². The van der Waals surface area contributed by atoms with Crippen molar-refractivity contribution in [3.05, 3.63) is 83.1 Å². The fraction of sp³-hybridized carbons (Fsp3) is 0.136. The first kappa shape index (κ1) is 18.2. The first-order valence-corrected chi connectivity index (χ1v) is 9.43. The summed E-state index contributed by atoms with van der Waals surface area (Å²) >= 11 is 6.18. The van der Waals surface area contributed by atoms with Crippen molar-refractivity contribution in [3.63, 3.8) is 0 Å². The molecule has 0 aliphatic rings. The summed E-state index contributed by atoms with van der Waals surface area (Å²) in [4.78, 5) is 17.1. The third-order valence-electron chi connectivity index (χ3n) is 4.56. The van der Waals surface area contributed by atoms with Crippen LogP contribution in [0.1, 0.15) is 17.7 Å². The molecular weight excluding hydrogens is 372 g/mol. The molecule has 28 heavy (non-hydrogen) atoms. The van der Waals surface area contributed by atoms with E-state index in [1.54, 1.807) is 10.7 Å². The lowest BCUT2D eigenvalue weighted by Gasteiger charge is -2.06. The van der Waals surface area contributed by atoms with Gasteiger partial charge in [0.15, 0.2) is 11.5 Å². The largest absolute Gasteiger partial charge is 0.309 e. The van der Waals surface area contributed by atoms with E-state index in [0.29, 0.717) is 29.3 Å². The third kappa shape index (κ3) is 3.75. The minimum atomic E-state index is -0.0896. The number of benzene rings is 2. The van der Waals surface area contributed by atoms with Gasteiger partial charge in [-0.1, -0.05) is 54.1 Å². The molecule has 140 valence electrons. The highest BCUT2D eigenvalue weighted by Crippen LogP contribution is 2.33. The van der Waals surface area contributed by atoms with Gasteiger partial charge in [0.05, 0.1) is 5.56 Å². The van der Waals surface area contributed by atoms with Crippen LogP contribution in [-0.2, 0) is 11.2 Å². The van der Waals surface area contributed by atoms with Crippen molar-refractivity contribution in [2.24, 2.45) is 0 Å². The Bertz CT molecular complexity index is 1140. The van der Waals surface area contributed by atoms with Crippen LogP contribution in [0.15, 0.2) is 66.9 Å². The van der Waals surface area contributed by atoms with Crippen molar-refractivity contribution in [3.8, 4) is 11.1 Å². The zero-order chi connectivity index (χ0) is 19.5. The van der Waals surface area contributed by atoms with Crippen LogP contribution in [0.5, 0.6) is 0 Å². The van der Waals surface area contributed by atoms with E-state index in [2.05, 4.69) is 15.4 Å². The van der Waals surface area contributed by atoms with Gasteiger partial charge >= 0.3 is 0 Å². The average Bonchev–Trinajstić information content (AvgIpc) is 3.06. The molecule has 4 aromatic rings. The Balaban J connectivity index is 1.67. The molecule has 0 spiro atoms. The van der Waals surface area contributed by atoms with Gasteiger partial charge in [-0.2, -0.15) is 0 Å². The zero-order valence-corrected chi connectivity index (χ0v) is 16.1. The molecule has 2 aromatic heterocycles. The number of rotatable bonds is 5. The summed E-state index contributed by atoms with van der Waals surface area (Å²) in [6, 6.07) is 19.3. The minimum Gasteiger partial charge on any atom is -0.309 e. The van der Waals surface area contributed by atoms with Crippen LogP contribution in [0.4, 0.5) is 5.82 Å². The summed E-state index contributed by atoms with van der Waals surface area (Å²) in [6.45, 7) is 1.95. The molecule has 0 fully saturated rings. The maximum absolute atomic E-state index is 12.6. The molecule has 1 N–H and O–H groups in total.